The maximum Gasteiger partial charge on any atom is 0.256 e. The number of rotatable bonds is 4. The average Bonchev–Trinajstić information content (AvgIpc) is 3.12. The first kappa shape index (κ1) is 13.2. The van der Waals surface area contributed by atoms with Gasteiger partial charge in [-0.1, -0.05) is 38.1 Å². The summed E-state index contributed by atoms with van der Waals surface area (Å²) in [5.74, 6) is 1.24. The van der Waals surface area contributed by atoms with Crippen molar-refractivity contribution in [3.05, 3.63) is 35.4 Å². The first-order valence-corrected chi connectivity index (χ1v) is 7.36. The molecule has 2 aliphatic rings. The zero-order chi connectivity index (χ0) is 14.1. The second-order valence-electron chi connectivity index (χ2n) is 6.13. The molecule has 1 aromatic carbocycles. The monoisotopic (exact) mass is 271 g/mol. The van der Waals surface area contributed by atoms with Gasteiger partial charge in [0, 0.05) is 6.04 Å². The molecule has 0 spiro atoms. The smallest absolute Gasteiger partial charge is 0.256 e. The second-order valence-corrected chi connectivity index (χ2v) is 6.13. The van der Waals surface area contributed by atoms with Crippen LogP contribution in [0.2, 0.25) is 0 Å². The Labute approximate surface area is 119 Å². The predicted octanol–water partition coefficient (Wildman–Crippen LogP) is 2.16. The molecular formula is C16H21N3O. The lowest BCUT2D eigenvalue weighted by Gasteiger charge is -2.08. The Morgan fingerprint density at radius 3 is 2.60 bits per heavy atom. The summed E-state index contributed by atoms with van der Waals surface area (Å²) in [6.07, 6.45) is 3.40. The van der Waals surface area contributed by atoms with E-state index in [0.717, 1.165) is 12.0 Å². The lowest BCUT2D eigenvalue weighted by atomic mass is 9.99. The zero-order valence-electron chi connectivity index (χ0n) is 12.0. The first-order valence-electron chi connectivity index (χ1n) is 7.36. The van der Waals surface area contributed by atoms with E-state index in [1.807, 2.05) is 12.1 Å². The van der Waals surface area contributed by atoms with Crippen LogP contribution in [0.15, 0.2) is 29.3 Å². The largest absolute Gasteiger partial charge is 0.353 e. The highest BCUT2D eigenvalue weighted by molar-refractivity contribution is 6.05. The highest BCUT2D eigenvalue weighted by Gasteiger charge is 2.31. The molecule has 3 rings (SSSR count). The van der Waals surface area contributed by atoms with Crippen LogP contribution in [0.5, 0.6) is 0 Å². The van der Waals surface area contributed by atoms with Crippen molar-refractivity contribution in [1.29, 1.82) is 0 Å². The Hall–Kier alpha value is -1.84. The third-order valence-corrected chi connectivity index (χ3v) is 3.61. The molecule has 106 valence electrons. The minimum atomic E-state index is -0.399. The number of nitrogens with zero attached hydrogens (tertiary/aromatic N) is 1. The van der Waals surface area contributed by atoms with Crippen molar-refractivity contribution in [2.75, 3.05) is 0 Å². The molecule has 0 radical (unpaired) electrons. The molecule has 2 N–H and O–H groups in total. The SMILES string of the molecule is CC(C)Cc1ccc(C2N=C(NC3CC3)NC2=O)cc1. The van der Waals surface area contributed by atoms with Gasteiger partial charge in [0.25, 0.3) is 5.91 Å². The van der Waals surface area contributed by atoms with Crippen molar-refractivity contribution in [2.45, 2.75) is 45.2 Å². The van der Waals surface area contributed by atoms with Crippen LogP contribution < -0.4 is 10.6 Å². The summed E-state index contributed by atoms with van der Waals surface area (Å²) in [5.41, 5.74) is 2.27. The van der Waals surface area contributed by atoms with E-state index in [4.69, 9.17) is 0 Å². The summed E-state index contributed by atoms with van der Waals surface area (Å²) in [5, 5.41) is 6.06. The Bertz CT molecular complexity index is 529. The van der Waals surface area contributed by atoms with Gasteiger partial charge < -0.3 is 5.32 Å². The lowest BCUT2D eigenvalue weighted by molar-refractivity contribution is -0.120. The number of hydrogen-bond acceptors (Lipinski definition) is 3. The number of aliphatic imine (C=N–C) groups is 1. The van der Waals surface area contributed by atoms with Crippen LogP contribution in [0.25, 0.3) is 0 Å². The molecule has 20 heavy (non-hydrogen) atoms. The second kappa shape index (κ2) is 5.27. The van der Waals surface area contributed by atoms with Gasteiger partial charge in [-0.05, 0) is 36.3 Å². The summed E-state index contributed by atoms with van der Waals surface area (Å²) < 4.78 is 0. The van der Waals surface area contributed by atoms with E-state index in [9.17, 15) is 4.79 Å². The number of carbonyl (C=O) groups excluding carboxylic acids is 1. The van der Waals surface area contributed by atoms with Gasteiger partial charge >= 0.3 is 0 Å². The molecule has 1 saturated carbocycles. The molecule has 1 fully saturated rings. The molecule has 1 aliphatic carbocycles. The molecule has 4 nitrogen and oxygen atoms in total. The van der Waals surface area contributed by atoms with E-state index in [1.165, 1.54) is 18.4 Å². The molecular weight excluding hydrogens is 250 g/mol. The van der Waals surface area contributed by atoms with E-state index in [0.29, 0.717) is 17.9 Å². The lowest BCUT2D eigenvalue weighted by Crippen LogP contribution is -2.37. The van der Waals surface area contributed by atoms with Crippen LogP contribution in [0, 0.1) is 5.92 Å². The van der Waals surface area contributed by atoms with Crippen LogP contribution >= 0.6 is 0 Å². The fourth-order valence-corrected chi connectivity index (χ4v) is 2.43. The number of hydrogen-bond donors (Lipinski definition) is 2. The van der Waals surface area contributed by atoms with Gasteiger partial charge in [0.05, 0.1) is 0 Å². The van der Waals surface area contributed by atoms with Gasteiger partial charge in [-0.3, -0.25) is 10.1 Å². The summed E-state index contributed by atoms with van der Waals surface area (Å²) in [7, 11) is 0. The average molecular weight is 271 g/mol. The number of nitrogens with one attached hydrogen (secondary N) is 2. The fourth-order valence-electron chi connectivity index (χ4n) is 2.43. The number of carbonyl (C=O) groups is 1. The van der Waals surface area contributed by atoms with Gasteiger partial charge in [-0.25, -0.2) is 4.99 Å². The Morgan fingerprint density at radius 1 is 1.30 bits per heavy atom. The minimum Gasteiger partial charge on any atom is -0.353 e. The van der Waals surface area contributed by atoms with Crippen LogP contribution in [-0.2, 0) is 11.2 Å². The highest BCUT2D eigenvalue weighted by Crippen LogP contribution is 2.24. The van der Waals surface area contributed by atoms with Crippen LogP contribution in [-0.4, -0.2) is 17.9 Å². The van der Waals surface area contributed by atoms with Crippen LogP contribution in [0.1, 0.15) is 43.9 Å². The predicted molar refractivity (Wildman–Crippen MR) is 79.5 cm³/mol. The van der Waals surface area contributed by atoms with Crippen molar-refractivity contribution in [3.63, 3.8) is 0 Å². The highest BCUT2D eigenvalue weighted by atomic mass is 16.2. The molecule has 0 saturated heterocycles. The first-order chi connectivity index (χ1) is 9.61. The number of guanidine groups is 1. The zero-order valence-corrected chi connectivity index (χ0v) is 12.0. The van der Waals surface area contributed by atoms with Crippen molar-refractivity contribution in [3.8, 4) is 0 Å². The Kier molecular flexibility index (Phi) is 3.47. The number of benzene rings is 1. The normalized spacial score (nSPS) is 21.9. The molecule has 1 atom stereocenters. The van der Waals surface area contributed by atoms with Gasteiger partial charge in [0.2, 0.25) is 0 Å². The summed E-state index contributed by atoms with van der Waals surface area (Å²) in [4.78, 5) is 16.4. The van der Waals surface area contributed by atoms with Crippen molar-refractivity contribution in [2.24, 2.45) is 10.9 Å². The van der Waals surface area contributed by atoms with E-state index in [1.54, 1.807) is 0 Å². The van der Waals surface area contributed by atoms with Crippen LogP contribution in [0.3, 0.4) is 0 Å². The standard InChI is InChI=1S/C16H21N3O/c1-10(2)9-11-3-5-12(6-4-11)14-15(20)19-16(18-14)17-13-7-8-13/h3-6,10,13-14H,7-9H2,1-2H3,(H2,17,18,19,20). The molecule has 0 bridgehead atoms. The fraction of sp³-hybridized carbons (Fsp3) is 0.500. The third-order valence-electron chi connectivity index (χ3n) is 3.61. The molecule has 1 heterocycles. The maximum absolute atomic E-state index is 12.0. The van der Waals surface area contributed by atoms with Gasteiger partial charge in [-0.2, -0.15) is 0 Å². The molecule has 1 amide bonds. The molecule has 1 unspecified atom stereocenters. The molecule has 0 aromatic heterocycles. The van der Waals surface area contributed by atoms with Crippen molar-refractivity contribution in [1.82, 2.24) is 10.6 Å². The topological polar surface area (TPSA) is 53.5 Å². The number of amides is 1. The summed E-state index contributed by atoms with van der Waals surface area (Å²) >= 11 is 0. The Morgan fingerprint density at radius 2 is 2.00 bits per heavy atom. The van der Waals surface area contributed by atoms with Gasteiger partial charge in [0.15, 0.2) is 12.0 Å². The molecule has 1 aliphatic heterocycles. The molecule has 4 heteroatoms. The van der Waals surface area contributed by atoms with E-state index < -0.39 is 6.04 Å². The molecule has 1 aromatic rings. The maximum atomic E-state index is 12.0. The van der Waals surface area contributed by atoms with Crippen LogP contribution in [0.4, 0.5) is 0 Å². The summed E-state index contributed by atoms with van der Waals surface area (Å²) in [6, 6.07) is 8.34. The quantitative estimate of drug-likeness (QED) is 0.881. The Balaban J connectivity index is 1.71. The van der Waals surface area contributed by atoms with Crippen molar-refractivity contribution < 1.29 is 4.79 Å². The van der Waals surface area contributed by atoms with Gasteiger partial charge in [-0.15, -0.1) is 0 Å². The van der Waals surface area contributed by atoms with E-state index in [-0.39, 0.29) is 5.91 Å². The van der Waals surface area contributed by atoms with E-state index >= 15 is 0 Å². The third kappa shape index (κ3) is 3.00. The van der Waals surface area contributed by atoms with E-state index in [2.05, 4.69) is 41.6 Å². The summed E-state index contributed by atoms with van der Waals surface area (Å²) in [6.45, 7) is 4.41. The van der Waals surface area contributed by atoms with Crippen molar-refractivity contribution >= 4 is 11.9 Å². The minimum absolute atomic E-state index is 0.0373. The van der Waals surface area contributed by atoms with Gasteiger partial charge in [0.1, 0.15) is 0 Å².